The summed E-state index contributed by atoms with van der Waals surface area (Å²) in [5.74, 6) is -2.04. The summed E-state index contributed by atoms with van der Waals surface area (Å²) in [6.07, 6.45) is -2.86. The first-order valence-corrected chi connectivity index (χ1v) is 9.12. The van der Waals surface area contributed by atoms with Crippen LogP contribution in [0.1, 0.15) is 18.9 Å². The molecule has 0 bridgehead atoms. The number of esters is 2. The lowest BCUT2D eigenvalue weighted by atomic mass is 9.92. The average Bonchev–Trinajstić information content (AvgIpc) is 3.07. The molecule has 1 aromatic carbocycles. The number of carbonyl (C=O) groups is 2. The molecule has 1 fully saturated rings. The fourth-order valence-corrected chi connectivity index (χ4v) is 3.13. The van der Waals surface area contributed by atoms with E-state index in [-0.39, 0.29) is 13.0 Å². The van der Waals surface area contributed by atoms with Gasteiger partial charge in [0.15, 0.2) is 0 Å². The summed E-state index contributed by atoms with van der Waals surface area (Å²) in [6, 6.07) is 6.56. The van der Waals surface area contributed by atoms with Gasteiger partial charge in [0.05, 0.1) is 6.10 Å². The molecule has 0 unspecified atom stereocenters. The van der Waals surface area contributed by atoms with Gasteiger partial charge in [0.1, 0.15) is 18.8 Å². The van der Waals surface area contributed by atoms with Crippen LogP contribution in [0, 0.1) is 0 Å². The highest BCUT2D eigenvalue weighted by molar-refractivity contribution is 5.83. The molecular formula is C21H23F3O6. The zero-order chi connectivity index (χ0) is 22.4. The van der Waals surface area contributed by atoms with Crippen molar-refractivity contribution in [1.82, 2.24) is 0 Å². The topological polar surface area (TPSA) is 71.1 Å². The molecule has 164 valence electrons. The molecule has 1 saturated heterocycles. The van der Waals surface area contributed by atoms with Crippen molar-refractivity contribution in [3.63, 3.8) is 0 Å². The van der Waals surface area contributed by atoms with Crippen LogP contribution >= 0.6 is 0 Å². The molecule has 1 aromatic rings. The van der Waals surface area contributed by atoms with Crippen LogP contribution in [-0.2, 0) is 34.1 Å². The molecule has 1 aliphatic rings. The third kappa shape index (κ3) is 5.09. The molecule has 0 N–H and O–H groups in total. The summed E-state index contributed by atoms with van der Waals surface area (Å²) >= 11 is 0. The second kappa shape index (κ2) is 9.90. The van der Waals surface area contributed by atoms with Gasteiger partial charge in [0.25, 0.3) is 5.60 Å². The lowest BCUT2D eigenvalue weighted by Crippen LogP contribution is -2.53. The maximum atomic E-state index is 14.0. The minimum Gasteiger partial charge on any atom is -0.462 e. The van der Waals surface area contributed by atoms with E-state index in [0.29, 0.717) is 0 Å². The van der Waals surface area contributed by atoms with Crippen molar-refractivity contribution < 1.29 is 41.7 Å². The van der Waals surface area contributed by atoms with Crippen molar-refractivity contribution >= 4 is 11.9 Å². The Labute approximate surface area is 172 Å². The zero-order valence-corrected chi connectivity index (χ0v) is 16.6. The third-order valence-corrected chi connectivity index (χ3v) is 4.56. The summed E-state index contributed by atoms with van der Waals surface area (Å²) in [7, 11) is 0.804. The molecule has 1 aliphatic heterocycles. The van der Waals surface area contributed by atoms with Gasteiger partial charge in [-0.05, 0) is 6.08 Å². The first-order chi connectivity index (χ1) is 14.2. The molecular weight excluding hydrogens is 405 g/mol. The standard InChI is InChI=1S/C21H23F3O6/c1-4-17-18(13-16(29-17)11-8-12-28-14(2)25)30-19(26)20(27-3,21(22,23)24)15-9-6-5-7-10-15/h4-11,16-18H,1,12-13H2,2-3H3/b11-8+/t16-,17-,18-,20-/m0/s1. The van der Waals surface area contributed by atoms with E-state index in [9.17, 15) is 22.8 Å². The molecule has 0 aromatic heterocycles. The summed E-state index contributed by atoms with van der Waals surface area (Å²) < 4.78 is 62.3. The Kier molecular flexibility index (Phi) is 7.80. The van der Waals surface area contributed by atoms with Gasteiger partial charge in [-0.2, -0.15) is 13.2 Å². The van der Waals surface area contributed by atoms with Crippen molar-refractivity contribution in [3.8, 4) is 0 Å². The highest BCUT2D eigenvalue weighted by Gasteiger charge is 2.64. The number of hydrogen-bond acceptors (Lipinski definition) is 6. The lowest BCUT2D eigenvalue weighted by molar-refractivity contribution is -0.278. The largest absolute Gasteiger partial charge is 0.462 e. The summed E-state index contributed by atoms with van der Waals surface area (Å²) in [6.45, 7) is 4.86. The van der Waals surface area contributed by atoms with Gasteiger partial charge in [0, 0.05) is 26.0 Å². The number of benzene rings is 1. The van der Waals surface area contributed by atoms with Gasteiger partial charge in [-0.3, -0.25) is 4.79 Å². The van der Waals surface area contributed by atoms with Gasteiger partial charge in [-0.15, -0.1) is 6.58 Å². The molecule has 30 heavy (non-hydrogen) atoms. The monoisotopic (exact) mass is 428 g/mol. The van der Waals surface area contributed by atoms with E-state index in [1.807, 2.05) is 0 Å². The van der Waals surface area contributed by atoms with Crippen molar-refractivity contribution in [3.05, 3.63) is 60.7 Å². The second-order valence-electron chi connectivity index (χ2n) is 6.53. The highest BCUT2D eigenvalue weighted by atomic mass is 19.4. The number of methoxy groups -OCH3 is 1. The SMILES string of the molecule is C=C[C@@H]1O[C@@H](/C=C/COC(C)=O)C[C@@H]1OC(=O)[C@@](OC)(c1ccccc1)C(F)(F)F. The quantitative estimate of drug-likeness (QED) is 0.467. The molecule has 0 aliphatic carbocycles. The summed E-state index contributed by atoms with van der Waals surface area (Å²) in [5, 5.41) is 0. The Morgan fingerprint density at radius 2 is 1.93 bits per heavy atom. The fourth-order valence-electron chi connectivity index (χ4n) is 3.13. The van der Waals surface area contributed by atoms with Crippen LogP contribution in [0.15, 0.2) is 55.1 Å². The van der Waals surface area contributed by atoms with Crippen molar-refractivity contribution in [2.75, 3.05) is 13.7 Å². The Morgan fingerprint density at radius 3 is 2.47 bits per heavy atom. The number of alkyl halides is 3. The Bertz CT molecular complexity index is 777. The van der Waals surface area contributed by atoms with Crippen LogP contribution < -0.4 is 0 Å². The first kappa shape index (κ1) is 23.6. The normalized spacial score (nSPS) is 23.7. The number of rotatable bonds is 8. The molecule has 6 nitrogen and oxygen atoms in total. The number of ether oxygens (including phenoxy) is 4. The van der Waals surface area contributed by atoms with Crippen LogP contribution in [0.4, 0.5) is 13.2 Å². The van der Waals surface area contributed by atoms with Gasteiger partial charge in [-0.25, -0.2) is 4.79 Å². The van der Waals surface area contributed by atoms with E-state index in [4.69, 9.17) is 18.9 Å². The maximum Gasteiger partial charge on any atom is 0.432 e. The third-order valence-electron chi connectivity index (χ3n) is 4.56. The van der Waals surface area contributed by atoms with Crippen molar-refractivity contribution in [2.24, 2.45) is 0 Å². The Balaban J connectivity index is 2.20. The molecule has 0 radical (unpaired) electrons. The molecule has 1 heterocycles. The smallest absolute Gasteiger partial charge is 0.432 e. The Hall–Kier alpha value is -2.65. The molecule has 9 heteroatoms. The van der Waals surface area contributed by atoms with Crippen LogP contribution in [-0.4, -0.2) is 50.1 Å². The Morgan fingerprint density at radius 1 is 1.27 bits per heavy atom. The fraction of sp³-hybridized carbons (Fsp3) is 0.429. The molecule has 0 saturated carbocycles. The van der Waals surface area contributed by atoms with E-state index in [1.165, 1.54) is 37.3 Å². The van der Waals surface area contributed by atoms with E-state index < -0.39 is 47.6 Å². The molecule has 0 amide bonds. The summed E-state index contributed by atoms with van der Waals surface area (Å²) in [4.78, 5) is 23.5. The van der Waals surface area contributed by atoms with Crippen LogP contribution in [0.5, 0.6) is 0 Å². The number of halogens is 3. The van der Waals surface area contributed by atoms with Gasteiger partial charge in [0.2, 0.25) is 0 Å². The van der Waals surface area contributed by atoms with Crippen molar-refractivity contribution in [2.45, 2.75) is 43.4 Å². The zero-order valence-electron chi connectivity index (χ0n) is 16.6. The number of carbonyl (C=O) groups excluding carboxylic acids is 2. The molecule has 0 spiro atoms. The van der Waals surface area contributed by atoms with Gasteiger partial charge < -0.3 is 18.9 Å². The van der Waals surface area contributed by atoms with Crippen LogP contribution in [0.2, 0.25) is 0 Å². The number of hydrogen-bond donors (Lipinski definition) is 0. The molecule has 4 atom stereocenters. The highest BCUT2D eigenvalue weighted by Crippen LogP contribution is 2.43. The van der Waals surface area contributed by atoms with E-state index in [1.54, 1.807) is 6.08 Å². The van der Waals surface area contributed by atoms with Gasteiger partial charge >= 0.3 is 18.1 Å². The van der Waals surface area contributed by atoms with E-state index >= 15 is 0 Å². The predicted octanol–water partition coefficient (Wildman–Crippen LogP) is 3.47. The van der Waals surface area contributed by atoms with Crippen LogP contribution in [0.25, 0.3) is 0 Å². The minimum absolute atomic E-state index is 0.0211. The van der Waals surface area contributed by atoms with Crippen molar-refractivity contribution in [1.29, 1.82) is 0 Å². The molecule has 2 rings (SSSR count). The van der Waals surface area contributed by atoms with Crippen LogP contribution in [0.3, 0.4) is 0 Å². The predicted molar refractivity (Wildman–Crippen MR) is 100 cm³/mol. The average molecular weight is 428 g/mol. The van der Waals surface area contributed by atoms with Gasteiger partial charge in [-0.1, -0.05) is 42.5 Å². The minimum atomic E-state index is -5.06. The van der Waals surface area contributed by atoms with E-state index in [2.05, 4.69) is 6.58 Å². The van der Waals surface area contributed by atoms with E-state index in [0.717, 1.165) is 19.2 Å². The second-order valence-corrected chi connectivity index (χ2v) is 6.53. The maximum absolute atomic E-state index is 14.0. The summed E-state index contributed by atoms with van der Waals surface area (Å²) in [5.41, 5.74) is -3.67. The lowest BCUT2D eigenvalue weighted by Gasteiger charge is -2.33. The first-order valence-electron chi connectivity index (χ1n) is 9.12.